The van der Waals surface area contributed by atoms with Crippen LogP contribution in [0.15, 0.2) is 18.2 Å². The smallest absolute Gasteiger partial charge is 0.229 e. The van der Waals surface area contributed by atoms with Gasteiger partial charge in [-0.3, -0.25) is 4.72 Å². The highest BCUT2D eigenvalue weighted by Gasteiger charge is 2.08. The van der Waals surface area contributed by atoms with E-state index >= 15 is 0 Å². The summed E-state index contributed by atoms with van der Waals surface area (Å²) in [5.41, 5.74) is 0.691. The van der Waals surface area contributed by atoms with E-state index in [9.17, 15) is 12.8 Å². The molecule has 0 heterocycles. The number of hydrogen-bond donors (Lipinski definition) is 2. The third kappa shape index (κ3) is 6.75. The van der Waals surface area contributed by atoms with Gasteiger partial charge < -0.3 is 5.32 Å². The minimum absolute atomic E-state index is 0.0246. The third-order valence-electron chi connectivity index (χ3n) is 2.87. The standard InChI is InChI=1S/C14H23FN2O2S/c1-3-4-5-6-7-10-16-12-8-9-13(15)14(11-12)17-20(2,18)19/h8-9,11,16-17H,3-7,10H2,1-2H3. The second kappa shape index (κ2) is 8.09. The first-order chi connectivity index (χ1) is 9.42. The number of nitrogens with one attached hydrogen (secondary N) is 2. The molecule has 0 fully saturated rings. The molecular formula is C14H23FN2O2S. The summed E-state index contributed by atoms with van der Waals surface area (Å²) < 4.78 is 37.9. The summed E-state index contributed by atoms with van der Waals surface area (Å²) >= 11 is 0. The summed E-state index contributed by atoms with van der Waals surface area (Å²) in [7, 11) is -3.47. The molecule has 0 aliphatic rings. The van der Waals surface area contributed by atoms with E-state index in [4.69, 9.17) is 0 Å². The van der Waals surface area contributed by atoms with Crippen LogP contribution in [-0.2, 0) is 10.0 Å². The van der Waals surface area contributed by atoms with Crippen molar-refractivity contribution in [3.05, 3.63) is 24.0 Å². The lowest BCUT2D eigenvalue weighted by atomic mass is 10.1. The van der Waals surface area contributed by atoms with Crippen molar-refractivity contribution in [3.63, 3.8) is 0 Å². The predicted octanol–water partition coefficient (Wildman–Crippen LogP) is 3.58. The molecule has 0 aliphatic carbocycles. The zero-order chi connectivity index (χ0) is 15.0. The predicted molar refractivity (Wildman–Crippen MR) is 82.1 cm³/mol. The molecule has 4 nitrogen and oxygen atoms in total. The summed E-state index contributed by atoms with van der Waals surface area (Å²) in [6.07, 6.45) is 6.90. The molecule has 0 bridgehead atoms. The van der Waals surface area contributed by atoms with Crippen molar-refractivity contribution in [2.75, 3.05) is 22.8 Å². The van der Waals surface area contributed by atoms with Crippen molar-refractivity contribution >= 4 is 21.4 Å². The van der Waals surface area contributed by atoms with Gasteiger partial charge in [0.25, 0.3) is 0 Å². The highest BCUT2D eigenvalue weighted by molar-refractivity contribution is 7.92. The number of rotatable bonds is 9. The minimum atomic E-state index is -3.47. The molecule has 0 radical (unpaired) electrons. The van der Waals surface area contributed by atoms with E-state index in [2.05, 4.69) is 17.0 Å². The van der Waals surface area contributed by atoms with Crippen molar-refractivity contribution in [2.45, 2.75) is 39.0 Å². The van der Waals surface area contributed by atoms with Crippen LogP contribution >= 0.6 is 0 Å². The normalized spacial score (nSPS) is 11.3. The van der Waals surface area contributed by atoms with Crippen molar-refractivity contribution in [3.8, 4) is 0 Å². The van der Waals surface area contributed by atoms with Crippen LogP contribution in [0.3, 0.4) is 0 Å². The van der Waals surface area contributed by atoms with Gasteiger partial charge >= 0.3 is 0 Å². The Morgan fingerprint density at radius 1 is 1.15 bits per heavy atom. The fourth-order valence-electron chi connectivity index (χ4n) is 1.87. The molecule has 0 aromatic heterocycles. The van der Waals surface area contributed by atoms with Crippen LogP contribution in [0, 0.1) is 5.82 Å². The van der Waals surface area contributed by atoms with Crippen LogP contribution in [0.5, 0.6) is 0 Å². The second-order valence-electron chi connectivity index (χ2n) is 4.91. The summed E-state index contributed by atoms with van der Waals surface area (Å²) in [5.74, 6) is -0.580. The molecule has 20 heavy (non-hydrogen) atoms. The van der Waals surface area contributed by atoms with E-state index in [1.54, 1.807) is 6.07 Å². The lowest BCUT2D eigenvalue weighted by Gasteiger charge is -2.10. The number of halogens is 1. The fourth-order valence-corrected chi connectivity index (χ4v) is 2.43. The van der Waals surface area contributed by atoms with E-state index in [1.807, 2.05) is 0 Å². The molecule has 6 heteroatoms. The van der Waals surface area contributed by atoms with Crippen LogP contribution < -0.4 is 10.0 Å². The van der Waals surface area contributed by atoms with Crippen LogP contribution in [0.4, 0.5) is 15.8 Å². The van der Waals surface area contributed by atoms with Gasteiger partial charge in [0.2, 0.25) is 10.0 Å². The first-order valence-corrected chi connectivity index (χ1v) is 8.82. The molecule has 0 spiro atoms. The third-order valence-corrected chi connectivity index (χ3v) is 3.46. The summed E-state index contributed by atoms with van der Waals surface area (Å²) in [4.78, 5) is 0. The van der Waals surface area contributed by atoms with Crippen LogP contribution in [0.25, 0.3) is 0 Å². The Hall–Kier alpha value is -1.30. The van der Waals surface area contributed by atoms with Crippen molar-refractivity contribution in [1.29, 1.82) is 0 Å². The summed E-state index contributed by atoms with van der Waals surface area (Å²) in [6.45, 7) is 2.97. The maximum atomic E-state index is 13.5. The first kappa shape index (κ1) is 16.8. The van der Waals surface area contributed by atoms with Gasteiger partial charge in [-0.1, -0.05) is 32.6 Å². The quantitative estimate of drug-likeness (QED) is 0.685. The number of benzene rings is 1. The van der Waals surface area contributed by atoms with E-state index in [-0.39, 0.29) is 5.69 Å². The Morgan fingerprint density at radius 3 is 2.50 bits per heavy atom. The summed E-state index contributed by atoms with van der Waals surface area (Å²) in [6, 6.07) is 4.34. The molecule has 0 aliphatic heterocycles. The molecule has 114 valence electrons. The average Bonchev–Trinajstić information content (AvgIpc) is 2.35. The van der Waals surface area contributed by atoms with E-state index in [0.29, 0.717) is 5.69 Å². The molecule has 1 aromatic rings. The maximum Gasteiger partial charge on any atom is 0.229 e. The molecule has 0 unspecified atom stereocenters. The molecule has 1 aromatic carbocycles. The number of anilines is 2. The monoisotopic (exact) mass is 302 g/mol. The van der Waals surface area contributed by atoms with Crippen LogP contribution in [-0.4, -0.2) is 21.2 Å². The molecule has 0 saturated carbocycles. The largest absolute Gasteiger partial charge is 0.385 e. The van der Waals surface area contributed by atoms with E-state index < -0.39 is 15.8 Å². The van der Waals surface area contributed by atoms with Gasteiger partial charge in [0.15, 0.2) is 0 Å². The van der Waals surface area contributed by atoms with Crippen LogP contribution in [0.2, 0.25) is 0 Å². The molecule has 0 amide bonds. The molecule has 2 N–H and O–H groups in total. The van der Waals surface area contributed by atoms with Crippen molar-refractivity contribution < 1.29 is 12.8 Å². The Labute approximate surface area is 120 Å². The zero-order valence-electron chi connectivity index (χ0n) is 12.1. The van der Waals surface area contributed by atoms with Crippen LogP contribution in [0.1, 0.15) is 39.0 Å². The van der Waals surface area contributed by atoms with E-state index in [0.717, 1.165) is 25.6 Å². The highest BCUT2D eigenvalue weighted by atomic mass is 32.2. The Bertz CT molecular complexity index is 518. The highest BCUT2D eigenvalue weighted by Crippen LogP contribution is 2.20. The average molecular weight is 302 g/mol. The Balaban J connectivity index is 2.49. The number of unbranched alkanes of at least 4 members (excludes halogenated alkanes) is 4. The molecular weight excluding hydrogens is 279 g/mol. The van der Waals surface area contributed by atoms with Crippen molar-refractivity contribution in [2.24, 2.45) is 0 Å². The Morgan fingerprint density at radius 2 is 1.85 bits per heavy atom. The lowest BCUT2D eigenvalue weighted by molar-refractivity contribution is 0.603. The summed E-state index contributed by atoms with van der Waals surface area (Å²) in [5, 5.41) is 3.17. The zero-order valence-corrected chi connectivity index (χ0v) is 12.9. The second-order valence-corrected chi connectivity index (χ2v) is 6.66. The number of hydrogen-bond acceptors (Lipinski definition) is 3. The van der Waals surface area contributed by atoms with Gasteiger partial charge in [0.05, 0.1) is 11.9 Å². The van der Waals surface area contributed by atoms with E-state index in [1.165, 1.54) is 31.4 Å². The SMILES string of the molecule is CCCCCCCNc1ccc(F)c(NS(C)(=O)=O)c1. The minimum Gasteiger partial charge on any atom is -0.385 e. The molecule has 0 atom stereocenters. The van der Waals surface area contributed by atoms with Gasteiger partial charge in [-0.25, -0.2) is 12.8 Å². The van der Waals surface area contributed by atoms with Gasteiger partial charge in [0.1, 0.15) is 5.82 Å². The van der Waals surface area contributed by atoms with Gasteiger partial charge in [-0.05, 0) is 24.6 Å². The van der Waals surface area contributed by atoms with Gasteiger partial charge in [0, 0.05) is 12.2 Å². The Kier molecular flexibility index (Phi) is 6.78. The molecule has 0 saturated heterocycles. The fraction of sp³-hybridized carbons (Fsp3) is 0.571. The van der Waals surface area contributed by atoms with Crippen molar-refractivity contribution in [1.82, 2.24) is 0 Å². The molecule has 1 rings (SSSR count). The van der Waals surface area contributed by atoms with Gasteiger partial charge in [-0.15, -0.1) is 0 Å². The lowest BCUT2D eigenvalue weighted by Crippen LogP contribution is -2.11. The topological polar surface area (TPSA) is 58.2 Å². The first-order valence-electron chi connectivity index (χ1n) is 6.93. The number of sulfonamides is 1. The van der Waals surface area contributed by atoms with Gasteiger partial charge in [-0.2, -0.15) is 0 Å². The maximum absolute atomic E-state index is 13.5.